The van der Waals surface area contributed by atoms with E-state index in [0.717, 1.165) is 0 Å². The van der Waals surface area contributed by atoms with Crippen LogP contribution in [0.1, 0.15) is 19.4 Å². The molecule has 0 amide bonds. The van der Waals surface area contributed by atoms with Crippen LogP contribution >= 0.6 is 0 Å². The van der Waals surface area contributed by atoms with E-state index in [1.54, 1.807) is 0 Å². The van der Waals surface area contributed by atoms with Crippen molar-refractivity contribution in [2.45, 2.75) is 31.3 Å². The van der Waals surface area contributed by atoms with Crippen LogP contribution in [0, 0.1) is 5.82 Å². The summed E-state index contributed by atoms with van der Waals surface area (Å²) in [5.41, 5.74) is 0.343. The van der Waals surface area contributed by atoms with Gasteiger partial charge in [0, 0.05) is 18.2 Å². The summed E-state index contributed by atoms with van der Waals surface area (Å²) < 4.78 is 38.8. The van der Waals surface area contributed by atoms with E-state index in [0.29, 0.717) is 12.1 Å². The van der Waals surface area contributed by atoms with Gasteiger partial charge in [0.15, 0.2) is 0 Å². The molecule has 6 heteroatoms. The van der Waals surface area contributed by atoms with Crippen molar-refractivity contribution in [3.63, 3.8) is 0 Å². The number of rotatable bonds is 5. The summed E-state index contributed by atoms with van der Waals surface area (Å²) in [5, 5.41) is 3.04. The van der Waals surface area contributed by atoms with Crippen molar-refractivity contribution in [1.29, 1.82) is 0 Å². The zero-order chi connectivity index (χ0) is 13.1. The zero-order valence-electron chi connectivity index (χ0n) is 10.1. The molecule has 0 aliphatic rings. The second kappa shape index (κ2) is 5.57. The summed E-state index contributed by atoms with van der Waals surface area (Å²) in [7, 11) is -2.20. The molecule has 0 saturated carbocycles. The van der Waals surface area contributed by atoms with Crippen LogP contribution in [0.15, 0.2) is 23.1 Å². The Bertz CT molecular complexity index is 486. The molecule has 0 spiro atoms. The van der Waals surface area contributed by atoms with Gasteiger partial charge < -0.3 is 5.32 Å². The number of nitrogens with one attached hydrogen (secondary N) is 2. The van der Waals surface area contributed by atoms with Crippen molar-refractivity contribution in [2.24, 2.45) is 0 Å². The van der Waals surface area contributed by atoms with Crippen LogP contribution in [0.2, 0.25) is 0 Å². The molecule has 0 saturated heterocycles. The molecule has 0 unspecified atom stereocenters. The lowest BCUT2D eigenvalue weighted by atomic mass is 10.2. The predicted octanol–water partition coefficient (Wildman–Crippen LogP) is 1.23. The largest absolute Gasteiger partial charge is 0.310 e. The maximum Gasteiger partial charge on any atom is 0.240 e. The summed E-state index contributed by atoms with van der Waals surface area (Å²) in [5.74, 6) is -0.409. The van der Waals surface area contributed by atoms with Crippen LogP contribution in [-0.2, 0) is 16.6 Å². The van der Waals surface area contributed by atoms with E-state index in [2.05, 4.69) is 10.0 Å². The van der Waals surface area contributed by atoms with E-state index < -0.39 is 15.8 Å². The van der Waals surface area contributed by atoms with Crippen LogP contribution < -0.4 is 10.0 Å². The highest BCUT2D eigenvalue weighted by Crippen LogP contribution is 2.14. The smallest absolute Gasteiger partial charge is 0.240 e. The van der Waals surface area contributed by atoms with Gasteiger partial charge in [-0.3, -0.25) is 0 Å². The van der Waals surface area contributed by atoms with E-state index in [1.807, 2.05) is 13.8 Å². The van der Waals surface area contributed by atoms with E-state index >= 15 is 0 Å². The van der Waals surface area contributed by atoms with Crippen LogP contribution in [0.4, 0.5) is 4.39 Å². The molecule has 96 valence electrons. The lowest BCUT2D eigenvalue weighted by molar-refractivity contribution is 0.550. The Morgan fingerprint density at radius 1 is 1.35 bits per heavy atom. The molecule has 0 bridgehead atoms. The quantitative estimate of drug-likeness (QED) is 0.837. The fraction of sp³-hybridized carbons (Fsp3) is 0.455. The van der Waals surface area contributed by atoms with Gasteiger partial charge in [-0.05, 0) is 25.2 Å². The topological polar surface area (TPSA) is 58.2 Å². The van der Waals surface area contributed by atoms with Gasteiger partial charge in [0.1, 0.15) is 5.82 Å². The minimum atomic E-state index is -3.52. The Morgan fingerprint density at radius 2 is 2.00 bits per heavy atom. The Labute approximate surface area is 101 Å². The molecule has 4 nitrogen and oxygen atoms in total. The van der Waals surface area contributed by atoms with Gasteiger partial charge >= 0.3 is 0 Å². The van der Waals surface area contributed by atoms with Gasteiger partial charge in [-0.15, -0.1) is 0 Å². The first-order valence-corrected chi connectivity index (χ1v) is 6.80. The maximum absolute atomic E-state index is 13.5. The molecular weight excluding hydrogens is 243 g/mol. The van der Waals surface area contributed by atoms with E-state index in [9.17, 15) is 12.8 Å². The molecular formula is C11H17FN2O2S. The zero-order valence-corrected chi connectivity index (χ0v) is 10.9. The van der Waals surface area contributed by atoms with Gasteiger partial charge in [-0.1, -0.05) is 13.8 Å². The van der Waals surface area contributed by atoms with Crippen molar-refractivity contribution in [1.82, 2.24) is 10.0 Å². The highest BCUT2D eigenvalue weighted by molar-refractivity contribution is 7.89. The van der Waals surface area contributed by atoms with Gasteiger partial charge in [-0.2, -0.15) is 0 Å². The number of hydrogen-bond donors (Lipinski definition) is 2. The average molecular weight is 260 g/mol. The third-order valence-corrected chi connectivity index (χ3v) is 3.71. The molecule has 1 aromatic carbocycles. The summed E-state index contributed by atoms with van der Waals surface area (Å²) in [4.78, 5) is 0.0713. The minimum Gasteiger partial charge on any atom is -0.310 e. The van der Waals surface area contributed by atoms with Gasteiger partial charge in [0.2, 0.25) is 10.0 Å². The summed E-state index contributed by atoms with van der Waals surface area (Å²) >= 11 is 0. The van der Waals surface area contributed by atoms with Crippen LogP contribution in [0.5, 0.6) is 0 Å². The first kappa shape index (κ1) is 14.1. The van der Waals surface area contributed by atoms with Crippen LogP contribution in [0.3, 0.4) is 0 Å². The van der Waals surface area contributed by atoms with Gasteiger partial charge in [0.25, 0.3) is 0 Å². The second-order valence-corrected chi connectivity index (χ2v) is 5.88. The molecule has 1 aromatic rings. The second-order valence-electron chi connectivity index (χ2n) is 4.00. The number of halogens is 1. The van der Waals surface area contributed by atoms with Gasteiger partial charge in [-0.25, -0.2) is 17.5 Å². The number of hydrogen-bond acceptors (Lipinski definition) is 3. The van der Waals surface area contributed by atoms with E-state index in [4.69, 9.17) is 0 Å². The molecule has 0 atom stereocenters. The molecule has 0 aliphatic carbocycles. The third kappa shape index (κ3) is 3.76. The summed E-state index contributed by atoms with van der Waals surface area (Å²) in [6.45, 7) is 4.18. The highest BCUT2D eigenvalue weighted by atomic mass is 32.2. The lowest BCUT2D eigenvalue weighted by Gasteiger charge is -2.10. The number of sulfonamides is 1. The molecule has 0 aromatic heterocycles. The highest BCUT2D eigenvalue weighted by Gasteiger charge is 2.13. The SMILES string of the molecule is CNS(=O)(=O)c1ccc(F)c(CNC(C)C)c1. The standard InChI is InChI=1S/C11H17FN2O2S/c1-8(2)14-7-9-6-10(4-5-11(9)12)17(15,16)13-3/h4-6,8,13-14H,7H2,1-3H3. The van der Waals surface area contributed by atoms with Crippen molar-refractivity contribution < 1.29 is 12.8 Å². The monoisotopic (exact) mass is 260 g/mol. The molecule has 0 radical (unpaired) electrons. The minimum absolute atomic E-state index is 0.0713. The number of benzene rings is 1. The Balaban J connectivity index is 3.03. The average Bonchev–Trinajstić information content (AvgIpc) is 2.27. The molecule has 0 aliphatic heterocycles. The van der Waals surface area contributed by atoms with Crippen LogP contribution in [-0.4, -0.2) is 21.5 Å². The Kier molecular flexibility index (Phi) is 4.62. The molecule has 1 rings (SSSR count). The first-order chi connectivity index (χ1) is 7.86. The van der Waals surface area contributed by atoms with Crippen molar-refractivity contribution >= 4 is 10.0 Å². The Hall–Kier alpha value is -0.980. The van der Waals surface area contributed by atoms with Crippen LogP contribution in [0.25, 0.3) is 0 Å². The first-order valence-electron chi connectivity index (χ1n) is 5.32. The van der Waals surface area contributed by atoms with Crippen molar-refractivity contribution in [3.05, 3.63) is 29.6 Å². The normalized spacial score (nSPS) is 12.1. The summed E-state index contributed by atoms with van der Waals surface area (Å²) in [6, 6.07) is 3.97. The molecule has 17 heavy (non-hydrogen) atoms. The van der Waals surface area contributed by atoms with Crippen molar-refractivity contribution in [3.8, 4) is 0 Å². The molecule has 2 N–H and O–H groups in total. The fourth-order valence-corrected chi connectivity index (χ4v) is 2.07. The van der Waals surface area contributed by atoms with Crippen molar-refractivity contribution in [2.75, 3.05) is 7.05 Å². The Morgan fingerprint density at radius 3 is 2.53 bits per heavy atom. The van der Waals surface area contributed by atoms with E-state index in [-0.39, 0.29) is 10.9 Å². The lowest BCUT2D eigenvalue weighted by Crippen LogP contribution is -2.23. The third-order valence-electron chi connectivity index (χ3n) is 2.30. The van der Waals surface area contributed by atoms with Gasteiger partial charge in [0.05, 0.1) is 4.90 Å². The molecule has 0 fully saturated rings. The predicted molar refractivity (Wildman–Crippen MR) is 64.6 cm³/mol. The fourth-order valence-electron chi connectivity index (χ4n) is 1.29. The molecule has 0 heterocycles. The van der Waals surface area contributed by atoms with E-state index in [1.165, 1.54) is 25.2 Å². The maximum atomic E-state index is 13.5. The summed E-state index contributed by atoms with van der Waals surface area (Å²) in [6.07, 6.45) is 0.